The van der Waals surface area contributed by atoms with E-state index in [0.717, 1.165) is 0 Å². The highest BCUT2D eigenvalue weighted by Crippen LogP contribution is 2.41. The van der Waals surface area contributed by atoms with E-state index in [0.29, 0.717) is 218 Å². The van der Waals surface area contributed by atoms with Gasteiger partial charge in [-0.25, -0.2) is 0 Å². The molecule has 0 aromatic rings. The maximum atomic E-state index is 11.9. The fourth-order valence-corrected chi connectivity index (χ4v) is 5.03. The average Bonchev–Trinajstić information content (AvgIpc) is 3.19. The summed E-state index contributed by atoms with van der Waals surface area (Å²) in [5, 5.41) is 3.37. The molecule has 1 unspecified atom stereocenters. The molecule has 56 heavy (non-hydrogen) atoms. The Bertz CT molecular complexity index is 868. The average molecular weight is 838 g/mol. The molecular weight excluding hydrogens is 765 g/mol. The number of nitrogens with zero attached hydrogens (tertiary/aromatic N) is 3. The van der Waals surface area contributed by atoms with Gasteiger partial charge in [-0.1, -0.05) is 5.11 Å². The highest BCUT2D eigenvalue weighted by molar-refractivity contribution is 7.58. The minimum Gasteiger partial charge on any atom is -0.379 e. The van der Waals surface area contributed by atoms with Crippen LogP contribution >= 0.6 is 7.37 Å². The molecule has 0 aromatic carbocycles. The Morgan fingerprint density at radius 3 is 0.768 bits per heavy atom. The fourth-order valence-electron chi connectivity index (χ4n) is 3.90. The monoisotopic (exact) mass is 837 g/mol. The quantitative estimate of drug-likeness (QED) is 0.0283. The lowest BCUT2D eigenvalue weighted by Gasteiger charge is -2.12. The number of hydrogen-bond acceptors (Lipinski definition) is 18. The molecule has 0 amide bonds. The molecule has 0 aliphatic rings. The van der Waals surface area contributed by atoms with Gasteiger partial charge < -0.3 is 75.6 Å². The van der Waals surface area contributed by atoms with E-state index in [-0.39, 0.29) is 0 Å². The van der Waals surface area contributed by atoms with E-state index in [1.807, 2.05) is 6.92 Å². The lowest BCUT2D eigenvalue weighted by Crippen LogP contribution is -2.16. The summed E-state index contributed by atoms with van der Waals surface area (Å²) in [7, 11) is -2.53. The van der Waals surface area contributed by atoms with Crippen molar-refractivity contribution >= 4 is 7.37 Å². The first-order valence-corrected chi connectivity index (χ1v) is 21.8. The maximum absolute atomic E-state index is 11.9. The normalized spacial score (nSPS) is 12.6. The SMILES string of the molecule is CCOP(C)(=O)CCOCCOCCOCCOCCOCCOCCOCCOCCOCCOCCOCCOCCOCCOCCOCCN=[N+]=[N-]. The van der Waals surface area contributed by atoms with Crippen LogP contribution < -0.4 is 0 Å². The topological polar surface area (TPSA) is 214 Å². The summed E-state index contributed by atoms with van der Waals surface area (Å²) in [4.78, 5) is 2.65. The van der Waals surface area contributed by atoms with Gasteiger partial charge in [-0.15, -0.1) is 0 Å². The van der Waals surface area contributed by atoms with Gasteiger partial charge >= 0.3 is 0 Å². The van der Waals surface area contributed by atoms with Crippen molar-refractivity contribution in [2.45, 2.75) is 6.92 Å². The lowest BCUT2D eigenvalue weighted by molar-refractivity contribution is -0.0299. The second-order valence-corrected chi connectivity index (χ2v) is 14.0. The molecule has 0 N–H and O–H groups in total. The van der Waals surface area contributed by atoms with Crippen molar-refractivity contribution in [3.05, 3.63) is 10.4 Å². The Morgan fingerprint density at radius 2 is 0.571 bits per heavy atom. The molecule has 0 aliphatic heterocycles. The molecule has 1 atom stereocenters. The molecule has 0 saturated carbocycles. The third-order valence-electron chi connectivity index (χ3n) is 6.65. The van der Waals surface area contributed by atoms with Crippen molar-refractivity contribution < 1.29 is 80.1 Å². The summed E-state index contributed by atoms with van der Waals surface area (Å²) in [6.07, 6.45) is 0.410. The molecule has 0 saturated heterocycles. The Hall–Kier alpha value is -1.10. The van der Waals surface area contributed by atoms with Gasteiger partial charge in [0.2, 0.25) is 7.37 Å². The fraction of sp³-hybridized carbons (Fsp3) is 1.00. The van der Waals surface area contributed by atoms with Crippen LogP contribution in [0, 0.1) is 0 Å². The minimum atomic E-state index is -2.53. The molecule has 334 valence electrons. The first kappa shape index (κ1) is 54.9. The molecule has 0 spiro atoms. The highest BCUT2D eigenvalue weighted by Gasteiger charge is 2.14. The van der Waals surface area contributed by atoms with Crippen molar-refractivity contribution in [3.8, 4) is 0 Å². The summed E-state index contributed by atoms with van der Waals surface area (Å²) < 4.78 is 98.8. The molecule has 20 nitrogen and oxygen atoms in total. The molecule has 0 rings (SSSR count). The molecule has 0 bridgehead atoms. The van der Waals surface area contributed by atoms with Gasteiger partial charge in [-0.2, -0.15) is 0 Å². The van der Waals surface area contributed by atoms with Crippen molar-refractivity contribution in [1.29, 1.82) is 0 Å². The maximum Gasteiger partial charge on any atom is 0.202 e. The molecule has 0 heterocycles. The van der Waals surface area contributed by atoms with Crippen LogP contribution in [0.4, 0.5) is 0 Å². The Morgan fingerprint density at radius 1 is 0.375 bits per heavy atom. The highest BCUT2D eigenvalue weighted by atomic mass is 31.2. The zero-order valence-corrected chi connectivity index (χ0v) is 35.0. The Balaban J connectivity index is 3.09. The van der Waals surface area contributed by atoms with E-state index in [4.69, 9.17) is 81.1 Å². The summed E-state index contributed by atoms with van der Waals surface area (Å²) >= 11 is 0. The minimum absolute atomic E-state index is 0.323. The summed E-state index contributed by atoms with van der Waals surface area (Å²) in [6.45, 7) is 18.5. The van der Waals surface area contributed by atoms with Crippen LogP contribution in [0.25, 0.3) is 10.4 Å². The summed E-state index contributed by atoms with van der Waals surface area (Å²) in [6, 6.07) is 0. The van der Waals surface area contributed by atoms with Gasteiger partial charge in [-0.3, -0.25) is 4.57 Å². The molecule has 0 fully saturated rings. The van der Waals surface area contributed by atoms with Gasteiger partial charge in [-0.05, 0) is 12.5 Å². The zero-order valence-electron chi connectivity index (χ0n) is 34.1. The third kappa shape index (κ3) is 49.0. The van der Waals surface area contributed by atoms with Gasteiger partial charge in [0.15, 0.2) is 0 Å². The summed E-state index contributed by atoms with van der Waals surface area (Å²) in [5.41, 5.74) is 8.15. The van der Waals surface area contributed by atoms with E-state index in [2.05, 4.69) is 10.0 Å². The van der Waals surface area contributed by atoms with E-state index in [1.54, 1.807) is 6.66 Å². The standard InChI is InChI=1S/C35H72N3O17P/c1-3-55-56(2,39)35-34-54-33-32-53-31-30-52-29-28-51-27-26-50-25-24-49-23-22-48-21-20-47-19-18-46-17-16-45-15-14-44-13-12-43-11-10-42-9-8-41-7-6-40-5-4-37-38-36/h3-35H2,1-2H3. The van der Waals surface area contributed by atoms with E-state index in [1.165, 1.54) is 0 Å². The number of ether oxygens (including phenoxy) is 15. The largest absolute Gasteiger partial charge is 0.379 e. The van der Waals surface area contributed by atoms with Gasteiger partial charge in [0.1, 0.15) is 0 Å². The molecular formula is C35H72N3O17P. The van der Waals surface area contributed by atoms with E-state index in [9.17, 15) is 4.57 Å². The number of azide groups is 1. The second-order valence-electron chi connectivity index (χ2n) is 11.3. The van der Waals surface area contributed by atoms with E-state index >= 15 is 0 Å². The summed E-state index contributed by atoms with van der Waals surface area (Å²) in [5.74, 6) is 0. The van der Waals surface area contributed by atoms with Crippen molar-refractivity contribution in [1.82, 2.24) is 0 Å². The van der Waals surface area contributed by atoms with Crippen LogP contribution in [-0.4, -0.2) is 224 Å². The predicted octanol–water partition coefficient (Wildman–Crippen LogP) is 2.49. The van der Waals surface area contributed by atoms with Crippen molar-refractivity contribution in [3.63, 3.8) is 0 Å². The number of rotatable bonds is 50. The van der Waals surface area contributed by atoms with Crippen LogP contribution in [0.15, 0.2) is 5.11 Å². The predicted molar refractivity (Wildman–Crippen MR) is 206 cm³/mol. The van der Waals surface area contributed by atoms with E-state index < -0.39 is 7.37 Å². The Labute approximate surface area is 333 Å². The van der Waals surface area contributed by atoms with Gasteiger partial charge in [0, 0.05) is 24.3 Å². The smallest absolute Gasteiger partial charge is 0.202 e. The molecule has 0 radical (unpaired) electrons. The Kier molecular flexibility index (Phi) is 47.3. The molecule has 0 aromatic heterocycles. The van der Waals surface area contributed by atoms with Crippen LogP contribution in [-0.2, 0) is 80.1 Å². The lowest BCUT2D eigenvalue weighted by atomic mass is 10.6. The van der Waals surface area contributed by atoms with Crippen LogP contribution in [0.2, 0.25) is 0 Å². The molecule has 21 heteroatoms. The van der Waals surface area contributed by atoms with Crippen LogP contribution in [0.5, 0.6) is 0 Å². The van der Waals surface area contributed by atoms with Crippen molar-refractivity contribution in [2.75, 3.05) is 224 Å². The first-order valence-electron chi connectivity index (χ1n) is 19.5. The number of hydrogen-bond donors (Lipinski definition) is 0. The van der Waals surface area contributed by atoms with Crippen LogP contribution in [0.3, 0.4) is 0 Å². The zero-order chi connectivity index (χ0) is 40.6. The van der Waals surface area contributed by atoms with Crippen molar-refractivity contribution in [2.24, 2.45) is 5.11 Å². The second kappa shape index (κ2) is 48.3. The van der Waals surface area contributed by atoms with Gasteiger partial charge in [0.25, 0.3) is 0 Å². The van der Waals surface area contributed by atoms with Crippen LogP contribution in [0.1, 0.15) is 6.92 Å². The molecule has 0 aliphatic carbocycles. The van der Waals surface area contributed by atoms with Gasteiger partial charge in [0.05, 0.1) is 205 Å². The third-order valence-corrected chi connectivity index (χ3v) is 8.45. The first-order chi connectivity index (χ1) is 27.6.